The molecule has 0 fully saturated rings. The van der Waals surface area contributed by atoms with Crippen molar-refractivity contribution in [3.05, 3.63) is 82.7 Å². The molecule has 0 spiro atoms. The molecule has 1 amide bonds. The molecular formula is C22H20BrF3N2O3. The number of ether oxygens (including phenoxy) is 1. The van der Waals surface area contributed by atoms with Crippen LogP contribution in [0, 0.1) is 0 Å². The molecule has 0 bridgehead atoms. The number of nitrogens with one attached hydrogen (secondary N) is 2. The van der Waals surface area contributed by atoms with E-state index in [1.807, 2.05) is 0 Å². The molecule has 0 unspecified atom stereocenters. The summed E-state index contributed by atoms with van der Waals surface area (Å²) >= 11 is 3.42. The zero-order valence-corrected chi connectivity index (χ0v) is 18.0. The second-order valence-corrected chi connectivity index (χ2v) is 7.63. The van der Waals surface area contributed by atoms with Gasteiger partial charge in [0.2, 0.25) is 0 Å². The van der Waals surface area contributed by atoms with E-state index in [2.05, 4.69) is 26.6 Å². The number of furan rings is 1. The quantitative estimate of drug-likeness (QED) is 0.432. The highest BCUT2D eigenvalue weighted by atomic mass is 79.9. The maximum absolute atomic E-state index is 13.1. The Morgan fingerprint density at radius 1 is 1.13 bits per heavy atom. The zero-order chi connectivity index (χ0) is 22.4. The van der Waals surface area contributed by atoms with E-state index in [9.17, 15) is 18.0 Å². The van der Waals surface area contributed by atoms with Gasteiger partial charge in [-0.2, -0.15) is 13.2 Å². The average Bonchev–Trinajstić information content (AvgIpc) is 3.27. The lowest BCUT2D eigenvalue weighted by Gasteiger charge is -2.30. The van der Waals surface area contributed by atoms with Gasteiger partial charge >= 0.3 is 12.1 Å². The van der Waals surface area contributed by atoms with Crippen molar-refractivity contribution >= 4 is 27.5 Å². The van der Waals surface area contributed by atoms with Gasteiger partial charge in [-0.3, -0.25) is 4.79 Å². The summed E-state index contributed by atoms with van der Waals surface area (Å²) in [6, 6.07) is 14.1. The van der Waals surface area contributed by atoms with Crippen LogP contribution in [0.25, 0.3) is 0 Å². The highest BCUT2D eigenvalue weighted by Gasteiger charge is 2.41. The molecule has 1 aromatic heterocycles. The van der Waals surface area contributed by atoms with Crippen LogP contribution in [0.3, 0.4) is 0 Å². The summed E-state index contributed by atoms with van der Waals surface area (Å²) in [7, 11) is 1.54. The number of anilines is 1. The van der Waals surface area contributed by atoms with Crippen LogP contribution in [0.15, 0.2) is 76.0 Å². The number of hydrogen-bond donors (Lipinski definition) is 2. The van der Waals surface area contributed by atoms with Gasteiger partial charge in [0.1, 0.15) is 5.75 Å². The number of benzene rings is 2. The maximum atomic E-state index is 13.1. The monoisotopic (exact) mass is 496 g/mol. The number of halogens is 4. The minimum Gasteiger partial charge on any atom is -0.497 e. The van der Waals surface area contributed by atoms with Gasteiger partial charge < -0.3 is 19.8 Å². The third-order valence-corrected chi connectivity index (χ3v) is 5.46. The fourth-order valence-corrected chi connectivity index (χ4v) is 3.58. The van der Waals surface area contributed by atoms with Gasteiger partial charge in [0.15, 0.2) is 0 Å². The molecule has 3 aromatic rings. The molecule has 2 atom stereocenters. The first-order chi connectivity index (χ1) is 14.8. The average molecular weight is 497 g/mol. The molecule has 0 aliphatic carbocycles. The van der Waals surface area contributed by atoms with Gasteiger partial charge in [-0.15, -0.1) is 0 Å². The summed E-state index contributed by atoms with van der Waals surface area (Å²) in [5.74, 6) is -1.37. The molecule has 0 radical (unpaired) electrons. The lowest BCUT2D eigenvalue weighted by molar-refractivity contribution is -0.174. The van der Waals surface area contributed by atoms with Crippen molar-refractivity contribution in [1.82, 2.24) is 5.32 Å². The van der Waals surface area contributed by atoms with Gasteiger partial charge in [0.25, 0.3) is 0 Å². The summed E-state index contributed by atoms with van der Waals surface area (Å²) in [5, 5.41) is 5.37. The summed E-state index contributed by atoms with van der Waals surface area (Å²) in [6.07, 6.45) is -2.00. The van der Waals surface area contributed by atoms with E-state index >= 15 is 0 Å². The molecule has 2 N–H and O–H groups in total. The molecule has 0 saturated heterocycles. The van der Waals surface area contributed by atoms with Crippen molar-refractivity contribution in [3.63, 3.8) is 0 Å². The molecular weight excluding hydrogens is 477 g/mol. The van der Waals surface area contributed by atoms with E-state index in [4.69, 9.17) is 9.15 Å². The van der Waals surface area contributed by atoms with Crippen LogP contribution in [0.5, 0.6) is 5.75 Å². The van der Waals surface area contributed by atoms with Crippen molar-refractivity contribution in [2.24, 2.45) is 0 Å². The Balaban J connectivity index is 1.96. The number of rotatable bonds is 8. The van der Waals surface area contributed by atoms with Gasteiger partial charge in [-0.1, -0.05) is 34.1 Å². The summed E-state index contributed by atoms with van der Waals surface area (Å²) in [6.45, 7) is 0. The standard InChI is InChI=1S/C22H20BrF3N2O3/c1-30-17-8-6-16(7-9-17)27-20(15-10-11-31-13-15)19(28-21(29)22(24,25)26)12-14-4-2-3-5-18(14)23/h2-11,13,19-20,27H,12H2,1H3,(H,28,29)/t19-,20+/m0/s1. The van der Waals surface area contributed by atoms with Crippen LogP contribution in [0.4, 0.5) is 18.9 Å². The van der Waals surface area contributed by atoms with Crippen molar-refractivity contribution in [1.29, 1.82) is 0 Å². The second kappa shape index (κ2) is 9.91. The second-order valence-electron chi connectivity index (χ2n) is 6.78. The zero-order valence-electron chi connectivity index (χ0n) is 16.4. The third-order valence-electron chi connectivity index (χ3n) is 4.69. The van der Waals surface area contributed by atoms with E-state index in [1.54, 1.807) is 54.6 Å². The number of amides is 1. The summed E-state index contributed by atoms with van der Waals surface area (Å²) in [4.78, 5) is 11.8. The number of alkyl halides is 3. The molecule has 0 saturated carbocycles. The number of hydrogen-bond acceptors (Lipinski definition) is 4. The first-order valence-electron chi connectivity index (χ1n) is 9.31. The van der Waals surface area contributed by atoms with Crippen LogP contribution < -0.4 is 15.4 Å². The van der Waals surface area contributed by atoms with Crippen LogP contribution >= 0.6 is 15.9 Å². The first-order valence-corrected chi connectivity index (χ1v) is 10.1. The fourth-order valence-electron chi connectivity index (χ4n) is 3.14. The highest BCUT2D eigenvalue weighted by molar-refractivity contribution is 9.10. The van der Waals surface area contributed by atoms with E-state index in [1.165, 1.54) is 19.6 Å². The molecule has 1 heterocycles. The summed E-state index contributed by atoms with van der Waals surface area (Å²) in [5.41, 5.74) is 1.99. The molecule has 3 rings (SSSR count). The Morgan fingerprint density at radius 2 is 1.84 bits per heavy atom. The molecule has 31 heavy (non-hydrogen) atoms. The number of carbonyl (C=O) groups is 1. The predicted molar refractivity (Wildman–Crippen MR) is 114 cm³/mol. The van der Waals surface area contributed by atoms with Gasteiger partial charge in [-0.25, -0.2) is 0 Å². The predicted octanol–water partition coefficient (Wildman–Crippen LogP) is 5.49. The third kappa shape index (κ3) is 6.04. The fraction of sp³-hybridized carbons (Fsp3) is 0.227. The van der Waals surface area contributed by atoms with Crippen molar-refractivity contribution in [2.75, 3.05) is 12.4 Å². The van der Waals surface area contributed by atoms with Gasteiger partial charge in [0.05, 0.1) is 31.7 Å². The summed E-state index contributed by atoms with van der Waals surface area (Å²) < 4.78 is 50.2. The normalized spacial score (nSPS) is 13.3. The minimum atomic E-state index is -5.01. The largest absolute Gasteiger partial charge is 0.497 e. The Bertz CT molecular complexity index is 992. The smallest absolute Gasteiger partial charge is 0.471 e. The lowest BCUT2D eigenvalue weighted by Crippen LogP contribution is -2.48. The SMILES string of the molecule is COc1ccc(N[C@H](c2ccoc2)[C@H](Cc2ccccc2Br)NC(=O)C(F)(F)F)cc1. The van der Waals surface area contributed by atoms with E-state index in [0.29, 0.717) is 17.0 Å². The minimum absolute atomic E-state index is 0.141. The Labute approximate surface area is 185 Å². The van der Waals surface area contributed by atoms with Crippen molar-refractivity contribution in [2.45, 2.75) is 24.7 Å². The maximum Gasteiger partial charge on any atom is 0.471 e. The Morgan fingerprint density at radius 3 is 2.42 bits per heavy atom. The van der Waals surface area contributed by atoms with Crippen LogP contribution in [-0.2, 0) is 11.2 Å². The van der Waals surface area contributed by atoms with Gasteiger partial charge in [-0.05, 0) is 48.4 Å². The number of carbonyl (C=O) groups excluding carboxylic acids is 1. The van der Waals surface area contributed by atoms with Crippen molar-refractivity contribution in [3.8, 4) is 5.75 Å². The Kier molecular flexibility index (Phi) is 7.27. The van der Waals surface area contributed by atoms with Crippen LogP contribution in [0.1, 0.15) is 17.2 Å². The molecule has 9 heteroatoms. The van der Waals surface area contributed by atoms with Crippen LogP contribution in [0.2, 0.25) is 0 Å². The van der Waals surface area contributed by atoms with E-state index < -0.39 is 24.2 Å². The topological polar surface area (TPSA) is 63.5 Å². The van der Waals surface area contributed by atoms with Crippen molar-refractivity contribution < 1.29 is 27.1 Å². The van der Waals surface area contributed by atoms with Crippen LogP contribution in [-0.4, -0.2) is 25.2 Å². The van der Waals surface area contributed by atoms with E-state index in [-0.39, 0.29) is 6.42 Å². The molecule has 0 aliphatic rings. The lowest BCUT2D eigenvalue weighted by atomic mass is 9.94. The number of methoxy groups -OCH3 is 1. The molecule has 5 nitrogen and oxygen atoms in total. The molecule has 2 aromatic carbocycles. The van der Waals surface area contributed by atoms with Gasteiger partial charge in [0, 0.05) is 15.7 Å². The van der Waals surface area contributed by atoms with E-state index in [0.717, 1.165) is 10.0 Å². The Hall–Kier alpha value is -2.94. The highest BCUT2D eigenvalue weighted by Crippen LogP contribution is 2.29. The first kappa shape index (κ1) is 22.7. The molecule has 164 valence electrons. The molecule has 0 aliphatic heterocycles.